The van der Waals surface area contributed by atoms with Gasteiger partial charge < -0.3 is 26.6 Å². The number of rotatable bonds is 5. The van der Waals surface area contributed by atoms with Crippen molar-refractivity contribution in [3.63, 3.8) is 0 Å². The number of nitrogens with two attached hydrogens (primary N) is 1. The van der Waals surface area contributed by atoms with E-state index in [-0.39, 0.29) is 17.7 Å². The van der Waals surface area contributed by atoms with E-state index >= 15 is 0 Å². The first kappa shape index (κ1) is 19.4. The number of anilines is 3. The van der Waals surface area contributed by atoms with Crippen molar-refractivity contribution in [3.8, 4) is 0 Å². The van der Waals surface area contributed by atoms with Crippen LogP contribution in [-0.4, -0.2) is 44.4 Å². The summed E-state index contributed by atoms with van der Waals surface area (Å²) in [6.07, 6.45) is 0.387. The fraction of sp³-hybridized carbons (Fsp3) is 0.250. The van der Waals surface area contributed by atoms with Gasteiger partial charge in [0.05, 0.1) is 22.6 Å². The molecule has 0 atom stereocenters. The summed E-state index contributed by atoms with van der Waals surface area (Å²) >= 11 is 0. The zero-order chi connectivity index (χ0) is 20.1. The van der Waals surface area contributed by atoms with Gasteiger partial charge in [0.25, 0.3) is 11.8 Å². The molecule has 28 heavy (non-hydrogen) atoms. The number of nitrogens with zero attached hydrogens (tertiary/aromatic N) is 1. The number of fused-ring (bicyclic) bond motifs is 1. The van der Waals surface area contributed by atoms with Gasteiger partial charge in [-0.1, -0.05) is 12.1 Å². The lowest BCUT2D eigenvalue weighted by Gasteiger charge is -2.19. The van der Waals surface area contributed by atoms with Crippen LogP contribution >= 0.6 is 0 Å². The fourth-order valence-corrected chi connectivity index (χ4v) is 2.98. The Kier molecular flexibility index (Phi) is 5.90. The van der Waals surface area contributed by atoms with Gasteiger partial charge in [0.1, 0.15) is 0 Å². The predicted octanol–water partition coefficient (Wildman–Crippen LogP) is 1.41. The van der Waals surface area contributed by atoms with Gasteiger partial charge in [-0.25, -0.2) is 0 Å². The number of amides is 3. The monoisotopic (exact) mass is 381 g/mol. The zero-order valence-corrected chi connectivity index (χ0v) is 15.6. The molecule has 0 spiro atoms. The molecule has 0 saturated carbocycles. The van der Waals surface area contributed by atoms with Crippen molar-refractivity contribution in [2.45, 2.75) is 6.42 Å². The first-order valence-corrected chi connectivity index (χ1v) is 9.03. The van der Waals surface area contributed by atoms with Gasteiger partial charge in [-0.15, -0.1) is 0 Å². The van der Waals surface area contributed by atoms with E-state index < -0.39 is 0 Å². The molecule has 0 bridgehead atoms. The summed E-state index contributed by atoms with van der Waals surface area (Å²) < 4.78 is 0. The number of hydrogen-bond donors (Lipinski definition) is 4. The molecule has 8 heteroatoms. The van der Waals surface area contributed by atoms with Crippen LogP contribution in [0.1, 0.15) is 27.1 Å². The second-order valence-electron chi connectivity index (χ2n) is 6.50. The number of para-hydroxylation sites is 1. The van der Waals surface area contributed by atoms with Crippen molar-refractivity contribution in [3.05, 3.63) is 53.6 Å². The molecular formula is C20H23N5O3. The number of benzene rings is 2. The molecule has 1 heterocycles. The van der Waals surface area contributed by atoms with E-state index in [2.05, 4.69) is 16.0 Å². The molecule has 0 aliphatic carbocycles. The van der Waals surface area contributed by atoms with Crippen molar-refractivity contribution in [2.24, 2.45) is 5.73 Å². The topological polar surface area (TPSA) is 117 Å². The molecule has 1 aliphatic rings. The largest absolute Gasteiger partial charge is 0.372 e. The zero-order valence-electron chi connectivity index (χ0n) is 15.6. The first-order valence-electron chi connectivity index (χ1n) is 9.03. The second-order valence-corrected chi connectivity index (χ2v) is 6.50. The van der Waals surface area contributed by atoms with Gasteiger partial charge in [0.15, 0.2) is 0 Å². The molecule has 0 fully saturated rings. The molecular weight excluding hydrogens is 358 g/mol. The molecule has 5 N–H and O–H groups in total. The Morgan fingerprint density at radius 2 is 1.96 bits per heavy atom. The molecule has 0 radical (unpaired) electrons. The molecule has 0 unspecified atom stereocenters. The van der Waals surface area contributed by atoms with Crippen LogP contribution in [0.4, 0.5) is 17.1 Å². The van der Waals surface area contributed by atoms with Crippen LogP contribution in [0.25, 0.3) is 0 Å². The summed E-state index contributed by atoms with van der Waals surface area (Å²) in [7, 11) is 1.90. The Morgan fingerprint density at radius 3 is 2.75 bits per heavy atom. The standard InChI is InChI=1S/C20H23N5O3/c1-25-11-8-18(26)23-16-12-13(6-7-17(16)25)19(27)24-15-5-3-2-4-14(15)20(28)22-10-9-21/h2-7,12H,8-11,21H2,1H3,(H,22,28)(H,23,26)(H,24,27). The van der Waals surface area contributed by atoms with E-state index in [4.69, 9.17) is 5.73 Å². The molecule has 3 amide bonds. The highest BCUT2D eigenvalue weighted by molar-refractivity contribution is 6.10. The molecule has 1 aliphatic heterocycles. The number of carbonyl (C=O) groups excluding carboxylic acids is 3. The van der Waals surface area contributed by atoms with Crippen molar-refractivity contribution in [2.75, 3.05) is 42.2 Å². The Morgan fingerprint density at radius 1 is 1.18 bits per heavy atom. The normalized spacial score (nSPS) is 13.2. The molecule has 146 valence electrons. The quantitative estimate of drug-likeness (QED) is 0.625. The highest BCUT2D eigenvalue weighted by Gasteiger charge is 2.19. The fourth-order valence-electron chi connectivity index (χ4n) is 2.98. The Labute approximate surface area is 163 Å². The minimum absolute atomic E-state index is 0.0925. The SMILES string of the molecule is CN1CCC(=O)Nc2cc(C(=O)Nc3ccccc3C(=O)NCCN)ccc21. The van der Waals surface area contributed by atoms with Crippen molar-refractivity contribution in [1.29, 1.82) is 0 Å². The lowest BCUT2D eigenvalue weighted by Crippen LogP contribution is -2.30. The average molecular weight is 381 g/mol. The Balaban J connectivity index is 1.83. The van der Waals surface area contributed by atoms with E-state index in [0.29, 0.717) is 48.6 Å². The average Bonchev–Trinajstić information content (AvgIpc) is 2.84. The molecule has 0 aromatic heterocycles. The summed E-state index contributed by atoms with van der Waals surface area (Å²) in [5.74, 6) is -0.773. The molecule has 2 aromatic rings. The molecule has 0 saturated heterocycles. The third-order valence-corrected chi connectivity index (χ3v) is 4.47. The summed E-state index contributed by atoms with van der Waals surface area (Å²) in [4.78, 5) is 38.9. The smallest absolute Gasteiger partial charge is 0.255 e. The van der Waals surface area contributed by atoms with Crippen LogP contribution in [0.15, 0.2) is 42.5 Å². The van der Waals surface area contributed by atoms with Crippen LogP contribution in [0, 0.1) is 0 Å². The van der Waals surface area contributed by atoms with Crippen molar-refractivity contribution < 1.29 is 14.4 Å². The summed E-state index contributed by atoms with van der Waals surface area (Å²) in [6.45, 7) is 1.28. The second kappa shape index (κ2) is 8.53. The lowest BCUT2D eigenvalue weighted by molar-refractivity contribution is -0.115. The maximum atomic E-state index is 12.7. The van der Waals surface area contributed by atoms with Crippen LogP contribution in [0.2, 0.25) is 0 Å². The van der Waals surface area contributed by atoms with Crippen LogP contribution in [0.3, 0.4) is 0 Å². The number of carbonyl (C=O) groups is 3. The van der Waals surface area contributed by atoms with E-state index in [1.807, 2.05) is 11.9 Å². The van der Waals surface area contributed by atoms with Crippen LogP contribution < -0.4 is 26.6 Å². The summed E-state index contributed by atoms with van der Waals surface area (Å²) in [5.41, 5.74) is 7.99. The van der Waals surface area contributed by atoms with Gasteiger partial charge in [-0.2, -0.15) is 0 Å². The van der Waals surface area contributed by atoms with Crippen molar-refractivity contribution >= 4 is 34.8 Å². The van der Waals surface area contributed by atoms with E-state index in [1.165, 1.54) is 0 Å². The van der Waals surface area contributed by atoms with Gasteiger partial charge in [0, 0.05) is 38.7 Å². The Hall–Kier alpha value is -3.39. The Bertz CT molecular complexity index is 912. The first-order chi connectivity index (χ1) is 13.5. The maximum Gasteiger partial charge on any atom is 0.255 e. The minimum atomic E-state index is -0.372. The van der Waals surface area contributed by atoms with Crippen molar-refractivity contribution in [1.82, 2.24) is 5.32 Å². The minimum Gasteiger partial charge on any atom is -0.372 e. The van der Waals surface area contributed by atoms with E-state index in [1.54, 1.807) is 42.5 Å². The maximum absolute atomic E-state index is 12.7. The third-order valence-electron chi connectivity index (χ3n) is 4.47. The molecule has 3 rings (SSSR count). The lowest BCUT2D eigenvalue weighted by atomic mass is 10.1. The van der Waals surface area contributed by atoms with E-state index in [0.717, 1.165) is 5.69 Å². The van der Waals surface area contributed by atoms with Crippen LogP contribution in [-0.2, 0) is 4.79 Å². The van der Waals surface area contributed by atoms with E-state index in [9.17, 15) is 14.4 Å². The van der Waals surface area contributed by atoms with Crippen LogP contribution in [0.5, 0.6) is 0 Å². The molecule has 2 aromatic carbocycles. The molecule has 8 nitrogen and oxygen atoms in total. The summed E-state index contributed by atoms with van der Waals surface area (Å²) in [6, 6.07) is 11.9. The van der Waals surface area contributed by atoms with Gasteiger partial charge in [-0.05, 0) is 30.3 Å². The predicted molar refractivity (Wildman–Crippen MR) is 109 cm³/mol. The highest BCUT2D eigenvalue weighted by Crippen LogP contribution is 2.29. The van der Waals surface area contributed by atoms with Gasteiger partial charge in [0.2, 0.25) is 5.91 Å². The third kappa shape index (κ3) is 4.29. The van der Waals surface area contributed by atoms with Gasteiger partial charge in [-0.3, -0.25) is 14.4 Å². The highest BCUT2D eigenvalue weighted by atomic mass is 16.2. The van der Waals surface area contributed by atoms with Gasteiger partial charge >= 0.3 is 0 Å². The number of hydrogen-bond acceptors (Lipinski definition) is 5. The summed E-state index contributed by atoms with van der Waals surface area (Å²) in [5, 5.41) is 8.29. The number of nitrogens with one attached hydrogen (secondary N) is 3.